The molecule has 98 valence electrons. The van der Waals surface area contributed by atoms with Crippen LogP contribution in [0.25, 0.3) is 5.69 Å². The van der Waals surface area contributed by atoms with E-state index in [1.807, 2.05) is 13.8 Å². The van der Waals surface area contributed by atoms with Crippen molar-refractivity contribution in [3.8, 4) is 5.69 Å². The molecule has 0 bridgehead atoms. The summed E-state index contributed by atoms with van der Waals surface area (Å²) in [5, 5.41) is 0.145. The Morgan fingerprint density at radius 1 is 1.32 bits per heavy atom. The molecule has 0 spiro atoms. The number of carbonyl (C=O) groups is 1. The van der Waals surface area contributed by atoms with E-state index in [2.05, 4.69) is 4.98 Å². The summed E-state index contributed by atoms with van der Waals surface area (Å²) < 4.78 is 1.49. The Bertz CT molecular complexity index is 720. The molecule has 5 heteroatoms. The predicted octanol–water partition coefficient (Wildman–Crippen LogP) is 2.71. The number of carbonyl (C=O) groups excluding carboxylic acids is 1. The van der Waals surface area contributed by atoms with E-state index in [1.165, 1.54) is 11.5 Å². The number of rotatable bonds is 2. The zero-order chi connectivity index (χ0) is 14.2. The Morgan fingerprint density at radius 3 is 2.63 bits per heavy atom. The largest absolute Gasteiger partial charge is 0.293 e. The van der Waals surface area contributed by atoms with E-state index in [0.29, 0.717) is 11.4 Å². The van der Waals surface area contributed by atoms with Crippen LogP contribution in [0.1, 0.15) is 28.7 Å². The fourth-order valence-corrected chi connectivity index (χ4v) is 2.00. The Morgan fingerprint density at radius 2 is 2.00 bits per heavy atom. The first kappa shape index (κ1) is 13.5. The number of halogens is 1. The monoisotopic (exact) mass is 276 g/mol. The Kier molecular flexibility index (Phi) is 3.53. The molecule has 0 fully saturated rings. The maximum Gasteiger partial charge on any atom is 0.274 e. The van der Waals surface area contributed by atoms with Gasteiger partial charge in [0.15, 0.2) is 5.78 Å². The van der Waals surface area contributed by atoms with Crippen LogP contribution in [0.3, 0.4) is 0 Å². The Hall–Kier alpha value is -1.94. The lowest BCUT2D eigenvalue weighted by Gasteiger charge is -2.13. The van der Waals surface area contributed by atoms with Gasteiger partial charge >= 0.3 is 0 Å². The minimum atomic E-state index is -0.300. The molecule has 0 saturated carbocycles. The van der Waals surface area contributed by atoms with Crippen molar-refractivity contribution >= 4 is 17.4 Å². The van der Waals surface area contributed by atoms with Crippen molar-refractivity contribution in [3.63, 3.8) is 0 Å². The molecule has 0 aromatic carbocycles. The summed E-state index contributed by atoms with van der Waals surface area (Å²) in [6.07, 6.45) is 1.58. The van der Waals surface area contributed by atoms with Crippen molar-refractivity contribution in [1.82, 2.24) is 9.55 Å². The summed E-state index contributed by atoms with van der Waals surface area (Å²) in [6.45, 7) is 5.08. The number of Topliss-reactive ketones (excluding diaryl/α,β-unsaturated/α-hetero) is 1. The number of hydrogen-bond acceptors (Lipinski definition) is 3. The van der Waals surface area contributed by atoms with E-state index in [-0.39, 0.29) is 16.4 Å². The molecule has 0 aliphatic carbocycles. The van der Waals surface area contributed by atoms with Gasteiger partial charge < -0.3 is 0 Å². The number of ketones is 1. The maximum absolute atomic E-state index is 12.1. The molecule has 2 aromatic rings. The fourth-order valence-electron chi connectivity index (χ4n) is 1.85. The van der Waals surface area contributed by atoms with E-state index >= 15 is 0 Å². The van der Waals surface area contributed by atoms with Crippen molar-refractivity contribution in [2.45, 2.75) is 20.8 Å². The number of nitrogens with zero attached hydrogens (tertiary/aromatic N) is 2. The van der Waals surface area contributed by atoms with E-state index in [1.54, 1.807) is 24.4 Å². The SMILES string of the molecule is CC(=O)c1cc(-n2c(C)ccc(Cl)c2=O)c(C)cn1. The molecule has 0 aliphatic heterocycles. The average molecular weight is 277 g/mol. The number of aromatic nitrogens is 2. The summed E-state index contributed by atoms with van der Waals surface area (Å²) in [5.74, 6) is -0.144. The third kappa shape index (κ3) is 2.44. The van der Waals surface area contributed by atoms with Gasteiger partial charge in [-0.3, -0.25) is 19.1 Å². The van der Waals surface area contributed by atoms with Crippen molar-refractivity contribution in [2.24, 2.45) is 0 Å². The topological polar surface area (TPSA) is 52.0 Å². The maximum atomic E-state index is 12.1. The molecule has 19 heavy (non-hydrogen) atoms. The number of pyridine rings is 2. The van der Waals surface area contributed by atoms with Gasteiger partial charge in [-0.1, -0.05) is 11.6 Å². The molecule has 0 aliphatic rings. The first-order valence-electron chi connectivity index (χ1n) is 5.78. The Balaban J connectivity index is 2.79. The van der Waals surface area contributed by atoms with Gasteiger partial charge in [-0.25, -0.2) is 0 Å². The van der Waals surface area contributed by atoms with Crippen LogP contribution in [-0.2, 0) is 0 Å². The molecule has 2 aromatic heterocycles. The van der Waals surface area contributed by atoms with Gasteiger partial charge in [0.1, 0.15) is 10.7 Å². The number of hydrogen-bond donors (Lipinski definition) is 0. The molecule has 0 radical (unpaired) electrons. The van der Waals surface area contributed by atoms with E-state index < -0.39 is 0 Å². The second-order valence-electron chi connectivity index (χ2n) is 4.38. The first-order valence-corrected chi connectivity index (χ1v) is 6.15. The summed E-state index contributed by atoms with van der Waals surface area (Å²) in [5.41, 5.74) is 2.21. The Labute approximate surface area is 115 Å². The summed E-state index contributed by atoms with van der Waals surface area (Å²) in [6, 6.07) is 4.94. The molecule has 2 rings (SSSR count). The van der Waals surface area contributed by atoms with Crippen molar-refractivity contribution in [1.29, 1.82) is 0 Å². The summed E-state index contributed by atoms with van der Waals surface area (Å²) in [4.78, 5) is 27.6. The smallest absolute Gasteiger partial charge is 0.274 e. The molecule has 0 N–H and O–H groups in total. The predicted molar refractivity (Wildman–Crippen MR) is 74.3 cm³/mol. The average Bonchev–Trinajstić information content (AvgIpc) is 2.36. The second kappa shape index (κ2) is 4.97. The molecule has 0 amide bonds. The lowest BCUT2D eigenvalue weighted by atomic mass is 10.2. The van der Waals surface area contributed by atoms with Crippen LogP contribution < -0.4 is 5.56 Å². The van der Waals surface area contributed by atoms with E-state index in [4.69, 9.17) is 11.6 Å². The van der Waals surface area contributed by atoms with Crippen LogP contribution in [0.5, 0.6) is 0 Å². The number of aryl methyl sites for hydroxylation is 2. The van der Waals surface area contributed by atoms with E-state index in [0.717, 1.165) is 11.3 Å². The zero-order valence-corrected chi connectivity index (χ0v) is 11.7. The molecule has 0 atom stereocenters. The standard InChI is InChI=1S/C14H13ClN2O2/c1-8-7-16-12(10(3)18)6-13(8)17-9(2)4-5-11(15)14(17)19/h4-7H,1-3H3. The van der Waals surface area contributed by atoms with Crippen LogP contribution in [0.2, 0.25) is 5.02 Å². The highest BCUT2D eigenvalue weighted by atomic mass is 35.5. The van der Waals surface area contributed by atoms with Crippen LogP contribution in [0.4, 0.5) is 0 Å². The molecule has 4 nitrogen and oxygen atoms in total. The van der Waals surface area contributed by atoms with Crippen molar-refractivity contribution in [2.75, 3.05) is 0 Å². The summed E-state index contributed by atoms with van der Waals surface area (Å²) >= 11 is 5.87. The van der Waals surface area contributed by atoms with Crippen molar-refractivity contribution < 1.29 is 4.79 Å². The molecular formula is C14H13ClN2O2. The van der Waals surface area contributed by atoms with Crippen LogP contribution >= 0.6 is 11.6 Å². The minimum Gasteiger partial charge on any atom is -0.293 e. The van der Waals surface area contributed by atoms with Crippen molar-refractivity contribution in [3.05, 3.63) is 56.7 Å². The lowest BCUT2D eigenvalue weighted by molar-refractivity contribution is 0.101. The highest BCUT2D eigenvalue weighted by Gasteiger charge is 2.12. The molecule has 2 heterocycles. The summed E-state index contributed by atoms with van der Waals surface area (Å²) in [7, 11) is 0. The third-order valence-corrected chi connectivity index (χ3v) is 3.19. The van der Waals surface area contributed by atoms with Gasteiger partial charge in [0.05, 0.1) is 5.69 Å². The third-order valence-electron chi connectivity index (χ3n) is 2.91. The molecular weight excluding hydrogens is 264 g/mol. The van der Waals surface area contributed by atoms with E-state index in [9.17, 15) is 9.59 Å². The fraction of sp³-hybridized carbons (Fsp3) is 0.214. The zero-order valence-electron chi connectivity index (χ0n) is 10.9. The van der Waals surface area contributed by atoms with Gasteiger partial charge in [0, 0.05) is 18.8 Å². The van der Waals surface area contributed by atoms with Gasteiger partial charge in [-0.05, 0) is 37.6 Å². The normalized spacial score (nSPS) is 10.5. The van der Waals surface area contributed by atoms with Gasteiger partial charge in [0.25, 0.3) is 5.56 Å². The van der Waals surface area contributed by atoms with Crippen LogP contribution in [0.15, 0.2) is 29.2 Å². The van der Waals surface area contributed by atoms with Gasteiger partial charge in [-0.15, -0.1) is 0 Å². The minimum absolute atomic E-state index is 0.144. The molecule has 0 unspecified atom stereocenters. The van der Waals surface area contributed by atoms with Gasteiger partial charge in [0.2, 0.25) is 0 Å². The first-order chi connectivity index (χ1) is 8.91. The highest BCUT2D eigenvalue weighted by Crippen LogP contribution is 2.16. The molecule has 0 saturated heterocycles. The highest BCUT2D eigenvalue weighted by molar-refractivity contribution is 6.30. The second-order valence-corrected chi connectivity index (χ2v) is 4.78. The lowest BCUT2D eigenvalue weighted by Crippen LogP contribution is -2.22. The van der Waals surface area contributed by atoms with Gasteiger partial charge in [-0.2, -0.15) is 0 Å². The van der Waals surface area contributed by atoms with Crippen LogP contribution in [0, 0.1) is 13.8 Å². The van der Waals surface area contributed by atoms with Crippen LogP contribution in [-0.4, -0.2) is 15.3 Å². The quantitative estimate of drug-likeness (QED) is 0.793.